The molecule has 1 aliphatic heterocycles. The number of hydrogen-bond donors (Lipinski definition) is 3. The van der Waals surface area contributed by atoms with E-state index in [0.29, 0.717) is 48.4 Å². The molecular formula is C23H31N5O4. The van der Waals surface area contributed by atoms with Gasteiger partial charge in [-0.05, 0) is 69.1 Å². The lowest BCUT2D eigenvalue weighted by molar-refractivity contribution is -0.177. The second-order valence-electron chi connectivity index (χ2n) is 10.7. The fraction of sp³-hybridized carbons (Fsp3) is 0.739. The van der Waals surface area contributed by atoms with Crippen LogP contribution in [0.1, 0.15) is 61.7 Å². The van der Waals surface area contributed by atoms with E-state index in [9.17, 15) is 14.7 Å². The van der Waals surface area contributed by atoms with Crippen LogP contribution in [0.2, 0.25) is 0 Å². The quantitative estimate of drug-likeness (QED) is 0.639. The van der Waals surface area contributed by atoms with Crippen LogP contribution in [0.3, 0.4) is 0 Å². The molecule has 2 heterocycles. The van der Waals surface area contributed by atoms with Crippen LogP contribution >= 0.6 is 0 Å². The molecule has 1 aromatic heterocycles. The third-order valence-electron chi connectivity index (χ3n) is 8.00. The Balaban J connectivity index is 1.01. The first-order valence-electron chi connectivity index (χ1n) is 12.0. The summed E-state index contributed by atoms with van der Waals surface area (Å²) in [5.41, 5.74) is -0.0599. The first-order chi connectivity index (χ1) is 15.4. The van der Waals surface area contributed by atoms with Gasteiger partial charge in [0.15, 0.2) is 0 Å². The van der Waals surface area contributed by atoms with Crippen molar-refractivity contribution in [2.24, 2.45) is 17.8 Å². The van der Waals surface area contributed by atoms with Crippen molar-refractivity contribution < 1.29 is 19.4 Å². The molecule has 32 heavy (non-hydrogen) atoms. The van der Waals surface area contributed by atoms with E-state index in [2.05, 4.69) is 20.6 Å². The summed E-state index contributed by atoms with van der Waals surface area (Å²) >= 11 is 0. The molecule has 9 nitrogen and oxygen atoms in total. The van der Waals surface area contributed by atoms with E-state index in [1.54, 1.807) is 4.90 Å². The molecule has 0 spiro atoms. The van der Waals surface area contributed by atoms with Gasteiger partial charge in [-0.1, -0.05) is 0 Å². The predicted molar refractivity (Wildman–Crippen MR) is 115 cm³/mol. The molecule has 5 saturated carbocycles. The molecule has 2 unspecified atom stereocenters. The van der Waals surface area contributed by atoms with Crippen LogP contribution in [0.5, 0.6) is 0 Å². The number of rotatable bonds is 5. The number of hydrogen-bond acceptors (Lipinski definition) is 7. The molecule has 3 atom stereocenters. The van der Waals surface area contributed by atoms with Crippen LogP contribution in [0.15, 0.2) is 12.4 Å². The molecule has 0 radical (unpaired) electrons. The van der Waals surface area contributed by atoms with Crippen LogP contribution < -0.4 is 10.6 Å². The first-order valence-corrected chi connectivity index (χ1v) is 12.0. The SMILES string of the molecule is O=C(NC1CC1)c1cnc(N[C@@H]2CCN(C(=O)OC3C4CC5CC3CC(O)(C5)C4)C2)nc1. The van der Waals surface area contributed by atoms with Crippen LogP contribution in [-0.4, -0.2) is 68.9 Å². The highest BCUT2D eigenvalue weighted by atomic mass is 16.6. The summed E-state index contributed by atoms with van der Waals surface area (Å²) in [6, 6.07) is 0.348. The van der Waals surface area contributed by atoms with E-state index < -0.39 is 5.60 Å². The highest BCUT2D eigenvalue weighted by Crippen LogP contribution is 2.56. The second kappa shape index (κ2) is 7.57. The molecule has 4 bridgehead atoms. The standard InChI is InChI=1S/C23H31N5O4/c29-20(26-17-1-2-17)16-10-24-21(25-11-16)27-18-3-4-28(12-18)22(30)32-19-14-5-13-6-15(19)9-23(31,7-13)8-14/h10-11,13-15,17-19,31H,1-9,12H2,(H,26,29)(H,24,25,27)/t13?,14?,15?,18-,19?,23?/m1/s1. The Morgan fingerprint density at radius 3 is 2.44 bits per heavy atom. The number of likely N-dealkylation sites (tertiary alicyclic amines) is 1. The number of nitrogens with zero attached hydrogens (tertiary/aromatic N) is 3. The molecule has 1 saturated heterocycles. The average Bonchev–Trinajstić information content (AvgIpc) is 3.44. The van der Waals surface area contributed by atoms with Gasteiger partial charge in [-0.2, -0.15) is 0 Å². The summed E-state index contributed by atoms with van der Waals surface area (Å²) in [5, 5.41) is 16.9. The van der Waals surface area contributed by atoms with Crippen molar-refractivity contribution in [3.8, 4) is 0 Å². The van der Waals surface area contributed by atoms with Gasteiger partial charge in [-0.25, -0.2) is 14.8 Å². The molecule has 9 heteroatoms. The Bertz CT molecular complexity index is 888. The summed E-state index contributed by atoms with van der Waals surface area (Å²) in [6.07, 6.45) is 10.3. The highest BCUT2D eigenvalue weighted by molar-refractivity contribution is 5.94. The van der Waals surface area contributed by atoms with Crippen molar-refractivity contribution in [2.75, 3.05) is 18.4 Å². The van der Waals surface area contributed by atoms with Gasteiger partial charge >= 0.3 is 6.09 Å². The molecule has 2 amide bonds. The maximum atomic E-state index is 12.9. The van der Waals surface area contributed by atoms with Crippen molar-refractivity contribution in [3.63, 3.8) is 0 Å². The van der Waals surface area contributed by atoms with E-state index in [0.717, 1.165) is 51.4 Å². The zero-order valence-electron chi connectivity index (χ0n) is 18.2. The molecule has 5 aliphatic carbocycles. The summed E-state index contributed by atoms with van der Waals surface area (Å²) in [6.45, 7) is 1.17. The topological polar surface area (TPSA) is 117 Å². The van der Waals surface area contributed by atoms with Gasteiger partial charge in [0.25, 0.3) is 5.91 Å². The van der Waals surface area contributed by atoms with Crippen LogP contribution in [0.4, 0.5) is 10.7 Å². The molecule has 6 aliphatic rings. The van der Waals surface area contributed by atoms with E-state index in [4.69, 9.17) is 4.74 Å². The number of nitrogens with one attached hydrogen (secondary N) is 2. The molecule has 1 aromatic rings. The molecule has 7 rings (SSSR count). The first kappa shape index (κ1) is 20.2. The number of ether oxygens (including phenoxy) is 1. The third-order valence-corrected chi connectivity index (χ3v) is 8.00. The predicted octanol–water partition coefficient (Wildman–Crippen LogP) is 1.93. The Labute approximate surface area is 187 Å². The van der Waals surface area contributed by atoms with Gasteiger partial charge in [-0.3, -0.25) is 4.79 Å². The summed E-state index contributed by atoms with van der Waals surface area (Å²) < 4.78 is 6.01. The van der Waals surface area contributed by atoms with Crippen molar-refractivity contribution in [1.82, 2.24) is 20.2 Å². The average molecular weight is 442 g/mol. The fourth-order valence-corrected chi connectivity index (χ4v) is 6.56. The minimum Gasteiger partial charge on any atom is -0.446 e. The van der Waals surface area contributed by atoms with Crippen molar-refractivity contribution >= 4 is 17.9 Å². The summed E-state index contributed by atoms with van der Waals surface area (Å²) in [5.74, 6) is 1.53. The second-order valence-corrected chi connectivity index (χ2v) is 10.7. The van der Waals surface area contributed by atoms with Gasteiger partial charge in [0.05, 0.1) is 11.2 Å². The Kier molecular flexibility index (Phi) is 4.78. The van der Waals surface area contributed by atoms with Gasteiger partial charge in [0, 0.05) is 37.6 Å². The van der Waals surface area contributed by atoms with Gasteiger partial charge in [0.2, 0.25) is 5.95 Å². The molecule has 3 N–H and O–H groups in total. The number of anilines is 1. The van der Waals surface area contributed by atoms with E-state index in [1.165, 1.54) is 12.4 Å². The largest absolute Gasteiger partial charge is 0.446 e. The summed E-state index contributed by atoms with van der Waals surface area (Å²) in [4.78, 5) is 35.2. The van der Waals surface area contributed by atoms with Crippen LogP contribution in [0, 0.1) is 17.8 Å². The summed E-state index contributed by atoms with van der Waals surface area (Å²) in [7, 11) is 0. The Morgan fingerprint density at radius 2 is 1.78 bits per heavy atom. The van der Waals surface area contributed by atoms with Gasteiger partial charge in [-0.15, -0.1) is 0 Å². The monoisotopic (exact) mass is 441 g/mol. The smallest absolute Gasteiger partial charge is 0.410 e. The minimum atomic E-state index is -0.518. The normalized spacial score (nSPS) is 37.4. The number of aromatic nitrogens is 2. The van der Waals surface area contributed by atoms with Crippen molar-refractivity contribution in [2.45, 2.75) is 75.2 Å². The van der Waals surface area contributed by atoms with E-state index in [1.807, 2.05) is 0 Å². The fourth-order valence-electron chi connectivity index (χ4n) is 6.56. The van der Waals surface area contributed by atoms with Gasteiger partial charge in [0.1, 0.15) is 6.10 Å². The lowest BCUT2D eigenvalue weighted by atomic mass is 9.53. The molecule has 0 aromatic carbocycles. The molecular weight excluding hydrogens is 410 g/mol. The minimum absolute atomic E-state index is 0.0490. The molecule has 6 fully saturated rings. The van der Waals surface area contributed by atoms with Crippen LogP contribution in [-0.2, 0) is 4.74 Å². The van der Waals surface area contributed by atoms with E-state index in [-0.39, 0.29) is 24.1 Å². The number of carbonyl (C=O) groups is 2. The number of carbonyl (C=O) groups excluding carboxylic acids is 2. The van der Waals surface area contributed by atoms with Crippen molar-refractivity contribution in [3.05, 3.63) is 18.0 Å². The lowest BCUT2D eigenvalue weighted by Gasteiger charge is -2.57. The maximum absolute atomic E-state index is 12.9. The van der Waals surface area contributed by atoms with Crippen LogP contribution in [0.25, 0.3) is 0 Å². The highest BCUT2D eigenvalue weighted by Gasteiger charge is 2.56. The third kappa shape index (κ3) is 3.91. The van der Waals surface area contributed by atoms with Crippen molar-refractivity contribution in [1.29, 1.82) is 0 Å². The zero-order valence-corrected chi connectivity index (χ0v) is 18.2. The Morgan fingerprint density at radius 1 is 1.06 bits per heavy atom. The number of aliphatic hydroxyl groups is 1. The Hall–Kier alpha value is -2.42. The number of amides is 2. The molecule has 172 valence electrons. The lowest BCUT2D eigenvalue weighted by Crippen LogP contribution is -2.58. The van der Waals surface area contributed by atoms with E-state index >= 15 is 0 Å². The zero-order chi connectivity index (χ0) is 21.9. The maximum Gasteiger partial charge on any atom is 0.410 e. The van der Waals surface area contributed by atoms with Gasteiger partial charge < -0.3 is 25.4 Å².